The van der Waals surface area contributed by atoms with Crippen LogP contribution in [-0.4, -0.2) is 37.5 Å². The van der Waals surface area contributed by atoms with Crippen molar-refractivity contribution in [2.24, 2.45) is 0 Å². The van der Waals surface area contributed by atoms with E-state index in [2.05, 4.69) is 26.8 Å². The molecular formula is C20H21N5OS. The quantitative estimate of drug-likeness (QED) is 0.516. The van der Waals surface area contributed by atoms with Crippen LogP contribution in [0.5, 0.6) is 0 Å². The van der Waals surface area contributed by atoms with Gasteiger partial charge in [0.15, 0.2) is 11.5 Å². The third-order valence-electron chi connectivity index (χ3n) is 4.62. The predicted octanol–water partition coefficient (Wildman–Crippen LogP) is 3.36. The number of para-hydroxylation sites is 1. The van der Waals surface area contributed by atoms with Crippen LogP contribution in [0.15, 0.2) is 54.9 Å². The Bertz CT molecular complexity index is 1070. The number of hydrogen-bond donors (Lipinski definition) is 2. The molecule has 138 valence electrons. The number of nitrogens with zero attached hydrogens (tertiary/aromatic N) is 3. The van der Waals surface area contributed by atoms with E-state index in [0.717, 1.165) is 40.1 Å². The first-order chi connectivity index (χ1) is 13.3. The van der Waals surface area contributed by atoms with Crippen molar-refractivity contribution in [3.05, 3.63) is 66.2 Å². The van der Waals surface area contributed by atoms with Crippen molar-refractivity contribution in [1.82, 2.24) is 24.9 Å². The Morgan fingerprint density at radius 2 is 2.07 bits per heavy atom. The summed E-state index contributed by atoms with van der Waals surface area (Å²) >= 11 is 1.75. The molecule has 0 radical (unpaired) electrons. The highest BCUT2D eigenvalue weighted by Crippen LogP contribution is 2.21. The largest absolute Gasteiger partial charge is 0.361 e. The summed E-state index contributed by atoms with van der Waals surface area (Å²) in [5.74, 6) is 1.69. The molecule has 1 atom stereocenters. The van der Waals surface area contributed by atoms with Gasteiger partial charge >= 0.3 is 0 Å². The van der Waals surface area contributed by atoms with Crippen LogP contribution in [0.25, 0.3) is 16.6 Å². The fraction of sp³-hybridized carbons (Fsp3) is 0.250. The summed E-state index contributed by atoms with van der Waals surface area (Å²) in [4.78, 5) is 16.0. The van der Waals surface area contributed by atoms with Crippen molar-refractivity contribution < 1.29 is 4.79 Å². The smallest absolute Gasteiger partial charge is 0.225 e. The first kappa shape index (κ1) is 17.6. The van der Waals surface area contributed by atoms with Crippen LogP contribution in [0.2, 0.25) is 0 Å². The van der Waals surface area contributed by atoms with E-state index in [1.165, 1.54) is 0 Å². The topological polar surface area (TPSA) is 75.1 Å². The van der Waals surface area contributed by atoms with Crippen LogP contribution in [-0.2, 0) is 11.2 Å². The lowest BCUT2D eigenvalue weighted by atomic mass is 10.1. The second-order valence-electron chi connectivity index (χ2n) is 6.42. The van der Waals surface area contributed by atoms with Crippen LogP contribution >= 0.6 is 11.8 Å². The van der Waals surface area contributed by atoms with Gasteiger partial charge in [0.1, 0.15) is 0 Å². The zero-order chi connectivity index (χ0) is 18.6. The Hall–Kier alpha value is -2.80. The summed E-state index contributed by atoms with van der Waals surface area (Å²) in [5.41, 5.74) is 2.83. The average Bonchev–Trinajstić information content (AvgIpc) is 3.30. The molecule has 0 aliphatic carbocycles. The number of carbonyl (C=O) groups is 1. The number of pyridine rings is 1. The third kappa shape index (κ3) is 3.68. The van der Waals surface area contributed by atoms with Crippen molar-refractivity contribution in [2.45, 2.75) is 18.9 Å². The number of H-pyrrole nitrogens is 1. The standard InChI is InChI=1S/C20H21N5OS/c1-27-11-9-17(20-24-23-18-8-4-5-10-25(18)20)22-19(26)12-14-13-21-16-7-3-2-6-15(14)16/h2-8,10,13,17,21H,9,11-12H2,1H3,(H,22,26)/t17-/m1/s1. The van der Waals surface area contributed by atoms with Gasteiger partial charge in [-0.1, -0.05) is 24.3 Å². The van der Waals surface area contributed by atoms with Crippen molar-refractivity contribution in [2.75, 3.05) is 12.0 Å². The predicted molar refractivity (Wildman–Crippen MR) is 109 cm³/mol. The Morgan fingerprint density at radius 1 is 1.22 bits per heavy atom. The van der Waals surface area contributed by atoms with Gasteiger partial charge in [0, 0.05) is 23.3 Å². The van der Waals surface area contributed by atoms with Crippen molar-refractivity contribution in [1.29, 1.82) is 0 Å². The fourth-order valence-corrected chi connectivity index (χ4v) is 3.77. The normalized spacial score (nSPS) is 12.5. The molecule has 27 heavy (non-hydrogen) atoms. The van der Waals surface area contributed by atoms with Crippen LogP contribution in [0.1, 0.15) is 23.9 Å². The van der Waals surface area contributed by atoms with E-state index in [1.807, 2.05) is 59.3 Å². The molecule has 6 nitrogen and oxygen atoms in total. The second-order valence-corrected chi connectivity index (χ2v) is 7.41. The van der Waals surface area contributed by atoms with Gasteiger partial charge in [-0.05, 0) is 42.2 Å². The zero-order valence-electron chi connectivity index (χ0n) is 15.1. The summed E-state index contributed by atoms with van der Waals surface area (Å²) < 4.78 is 1.94. The molecule has 1 aromatic carbocycles. The van der Waals surface area contributed by atoms with E-state index >= 15 is 0 Å². The van der Waals surface area contributed by atoms with Crippen molar-refractivity contribution in [3.63, 3.8) is 0 Å². The molecule has 0 aliphatic heterocycles. The number of thioether (sulfide) groups is 1. The summed E-state index contributed by atoms with van der Waals surface area (Å²) in [6.07, 6.45) is 7.04. The Labute approximate surface area is 161 Å². The molecule has 0 saturated carbocycles. The van der Waals surface area contributed by atoms with Gasteiger partial charge in [-0.25, -0.2) is 0 Å². The summed E-state index contributed by atoms with van der Waals surface area (Å²) in [5, 5.41) is 12.8. The van der Waals surface area contributed by atoms with Gasteiger partial charge in [0.25, 0.3) is 0 Å². The van der Waals surface area contributed by atoms with E-state index < -0.39 is 0 Å². The van der Waals surface area contributed by atoms with Gasteiger partial charge in [-0.3, -0.25) is 9.20 Å². The molecule has 0 aliphatic rings. The lowest BCUT2D eigenvalue weighted by molar-refractivity contribution is -0.121. The number of aromatic amines is 1. The summed E-state index contributed by atoms with van der Waals surface area (Å²) in [6, 6.07) is 13.6. The SMILES string of the molecule is CSCC[C@@H](NC(=O)Cc1c[nH]c2ccccc12)c1nnc2ccccn12. The number of hydrogen-bond acceptors (Lipinski definition) is 4. The molecule has 0 unspecified atom stereocenters. The number of benzene rings is 1. The van der Waals surface area contributed by atoms with E-state index in [-0.39, 0.29) is 11.9 Å². The third-order valence-corrected chi connectivity index (χ3v) is 5.27. The van der Waals surface area contributed by atoms with E-state index in [4.69, 9.17) is 0 Å². The van der Waals surface area contributed by atoms with E-state index in [1.54, 1.807) is 11.8 Å². The Balaban J connectivity index is 1.55. The van der Waals surface area contributed by atoms with Crippen LogP contribution in [0.4, 0.5) is 0 Å². The minimum atomic E-state index is -0.174. The monoisotopic (exact) mass is 379 g/mol. The zero-order valence-corrected chi connectivity index (χ0v) is 15.9. The number of fused-ring (bicyclic) bond motifs is 2. The van der Waals surface area contributed by atoms with Crippen LogP contribution in [0.3, 0.4) is 0 Å². The molecule has 3 heterocycles. The highest BCUT2D eigenvalue weighted by atomic mass is 32.2. The molecule has 0 spiro atoms. The van der Waals surface area contributed by atoms with Gasteiger partial charge in [-0.2, -0.15) is 11.8 Å². The van der Waals surface area contributed by atoms with Crippen LogP contribution in [0, 0.1) is 0 Å². The molecule has 0 bridgehead atoms. The van der Waals surface area contributed by atoms with Crippen molar-refractivity contribution >= 4 is 34.2 Å². The maximum atomic E-state index is 12.8. The fourth-order valence-electron chi connectivity index (χ4n) is 3.30. The molecule has 2 N–H and O–H groups in total. The number of rotatable bonds is 7. The number of amides is 1. The van der Waals surface area contributed by atoms with Crippen molar-refractivity contribution in [3.8, 4) is 0 Å². The number of aromatic nitrogens is 4. The highest BCUT2D eigenvalue weighted by Gasteiger charge is 2.20. The minimum Gasteiger partial charge on any atom is -0.361 e. The maximum absolute atomic E-state index is 12.8. The van der Waals surface area contributed by atoms with Gasteiger partial charge in [0.05, 0.1) is 12.5 Å². The molecule has 4 aromatic rings. The van der Waals surface area contributed by atoms with Gasteiger partial charge < -0.3 is 10.3 Å². The molecule has 0 fully saturated rings. The minimum absolute atomic E-state index is 0.0152. The van der Waals surface area contributed by atoms with E-state index in [9.17, 15) is 4.79 Å². The lowest BCUT2D eigenvalue weighted by Gasteiger charge is -2.17. The first-order valence-corrected chi connectivity index (χ1v) is 10.3. The molecule has 4 rings (SSSR count). The maximum Gasteiger partial charge on any atom is 0.225 e. The second kappa shape index (κ2) is 7.84. The van der Waals surface area contributed by atoms with Gasteiger partial charge in [-0.15, -0.1) is 10.2 Å². The van der Waals surface area contributed by atoms with E-state index in [0.29, 0.717) is 6.42 Å². The average molecular weight is 379 g/mol. The Kier molecular flexibility index (Phi) is 5.11. The summed E-state index contributed by atoms with van der Waals surface area (Å²) in [7, 11) is 0. The molecule has 1 amide bonds. The number of carbonyl (C=O) groups excluding carboxylic acids is 1. The number of nitrogens with one attached hydrogen (secondary N) is 2. The molecular weight excluding hydrogens is 358 g/mol. The molecule has 3 aromatic heterocycles. The lowest BCUT2D eigenvalue weighted by Crippen LogP contribution is -2.31. The highest BCUT2D eigenvalue weighted by molar-refractivity contribution is 7.98. The van der Waals surface area contributed by atoms with Gasteiger partial charge in [0.2, 0.25) is 5.91 Å². The first-order valence-electron chi connectivity index (χ1n) is 8.89. The molecule has 7 heteroatoms. The molecule has 0 saturated heterocycles. The summed E-state index contributed by atoms with van der Waals surface area (Å²) in [6.45, 7) is 0. The Morgan fingerprint density at radius 3 is 2.96 bits per heavy atom. The van der Waals surface area contributed by atoms with Crippen LogP contribution < -0.4 is 5.32 Å².